The van der Waals surface area contributed by atoms with Gasteiger partial charge in [0.15, 0.2) is 0 Å². The summed E-state index contributed by atoms with van der Waals surface area (Å²) in [6.45, 7) is 0.352. The number of carbonyl (C=O) groups is 2. The minimum absolute atomic E-state index is 0.0773. The second-order valence-electron chi connectivity index (χ2n) is 5.79. The van der Waals surface area contributed by atoms with Gasteiger partial charge in [-0.3, -0.25) is 9.59 Å². The molecule has 0 radical (unpaired) electrons. The van der Waals surface area contributed by atoms with E-state index in [9.17, 15) is 9.59 Å². The lowest BCUT2D eigenvalue weighted by Crippen LogP contribution is -2.35. The van der Waals surface area contributed by atoms with Gasteiger partial charge in [0.25, 0.3) is 0 Å². The van der Waals surface area contributed by atoms with E-state index in [0.29, 0.717) is 6.54 Å². The molecule has 0 bridgehead atoms. The molecule has 0 unspecified atom stereocenters. The van der Waals surface area contributed by atoms with Crippen LogP contribution in [0.1, 0.15) is 50.6 Å². The lowest BCUT2D eigenvalue weighted by molar-refractivity contribution is -0.141. The number of aliphatic carboxylic acids is 1. The zero-order valence-corrected chi connectivity index (χ0v) is 12.0. The third kappa shape index (κ3) is 4.81. The van der Waals surface area contributed by atoms with Gasteiger partial charge >= 0.3 is 5.97 Å². The number of carboxylic acids is 1. The first-order valence-electron chi connectivity index (χ1n) is 7.33. The highest BCUT2D eigenvalue weighted by molar-refractivity contribution is 5.78. The molecule has 1 aliphatic rings. The Morgan fingerprint density at radius 2 is 2.00 bits per heavy atom. The average Bonchev–Trinajstić information content (AvgIpc) is 2.46. The normalized spacial score (nSPS) is 17.1. The Balaban J connectivity index is 1.90. The lowest BCUT2D eigenvalue weighted by Gasteiger charge is -2.35. The van der Waals surface area contributed by atoms with Gasteiger partial charge in [-0.2, -0.15) is 0 Å². The molecular weight excluding hydrogens is 270 g/mol. The number of carboxylic acid groups (broad SMARTS) is 1. The molecule has 0 aliphatic heterocycles. The zero-order chi connectivity index (χ0) is 15.1. The van der Waals surface area contributed by atoms with Crippen LogP contribution in [0.15, 0.2) is 18.6 Å². The maximum atomic E-state index is 12.1. The first-order valence-corrected chi connectivity index (χ1v) is 7.33. The highest BCUT2D eigenvalue weighted by Gasteiger charge is 2.36. The fourth-order valence-electron chi connectivity index (χ4n) is 3.05. The van der Waals surface area contributed by atoms with Crippen molar-refractivity contribution in [1.82, 2.24) is 15.3 Å². The van der Waals surface area contributed by atoms with E-state index >= 15 is 0 Å². The number of carbonyl (C=O) groups excluding carboxylic acids is 1. The smallest absolute Gasteiger partial charge is 0.303 e. The van der Waals surface area contributed by atoms with Crippen LogP contribution in [0, 0.1) is 5.41 Å². The van der Waals surface area contributed by atoms with Crippen molar-refractivity contribution >= 4 is 11.9 Å². The van der Waals surface area contributed by atoms with E-state index in [2.05, 4.69) is 15.3 Å². The Hall–Kier alpha value is -1.98. The fraction of sp³-hybridized carbons (Fsp3) is 0.600. The average molecular weight is 291 g/mol. The Labute approximate surface area is 124 Å². The summed E-state index contributed by atoms with van der Waals surface area (Å²) < 4.78 is 0. The van der Waals surface area contributed by atoms with Gasteiger partial charge in [-0.15, -0.1) is 0 Å². The van der Waals surface area contributed by atoms with Gasteiger partial charge in [-0.1, -0.05) is 19.3 Å². The van der Waals surface area contributed by atoms with Crippen LogP contribution in [-0.2, 0) is 16.1 Å². The van der Waals surface area contributed by atoms with Crippen LogP contribution in [0.5, 0.6) is 0 Å². The second kappa shape index (κ2) is 7.15. The maximum Gasteiger partial charge on any atom is 0.303 e. The highest BCUT2D eigenvalue weighted by Crippen LogP contribution is 2.42. The summed E-state index contributed by atoms with van der Waals surface area (Å²) in [5, 5.41) is 11.9. The van der Waals surface area contributed by atoms with E-state index in [1.165, 1.54) is 6.33 Å². The molecule has 1 aromatic rings. The largest absolute Gasteiger partial charge is 0.481 e. The summed E-state index contributed by atoms with van der Waals surface area (Å²) in [5.74, 6) is -0.919. The monoisotopic (exact) mass is 291 g/mol. The maximum absolute atomic E-state index is 12.1. The van der Waals surface area contributed by atoms with E-state index < -0.39 is 5.97 Å². The molecule has 1 amide bonds. The second-order valence-corrected chi connectivity index (χ2v) is 5.79. The number of rotatable bonds is 6. The Morgan fingerprint density at radius 1 is 1.24 bits per heavy atom. The molecule has 1 aromatic heterocycles. The van der Waals surface area contributed by atoms with Crippen LogP contribution in [0.2, 0.25) is 0 Å². The van der Waals surface area contributed by atoms with E-state index in [-0.39, 0.29) is 24.2 Å². The summed E-state index contributed by atoms with van der Waals surface area (Å²) in [6.07, 6.45) is 8.21. The molecule has 1 saturated carbocycles. The van der Waals surface area contributed by atoms with E-state index in [1.54, 1.807) is 12.3 Å². The number of amides is 1. The summed E-state index contributed by atoms with van der Waals surface area (Å²) >= 11 is 0. The van der Waals surface area contributed by atoms with Crippen molar-refractivity contribution in [3.8, 4) is 0 Å². The molecule has 2 rings (SSSR count). The molecule has 2 N–H and O–H groups in total. The number of hydrogen-bond donors (Lipinski definition) is 2. The van der Waals surface area contributed by atoms with Crippen LogP contribution in [-0.4, -0.2) is 27.0 Å². The van der Waals surface area contributed by atoms with E-state index in [1.807, 2.05) is 0 Å². The van der Waals surface area contributed by atoms with Crippen molar-refractivity contribution < 1.29 is 14.7 Å². The van der Waals surface area contributed by atoms with Crippen LogP contribution in [0.3, 0.4) is 0 Å². The SMILES string of the molecule is O=C(O)CC1(CC(=O)NCc2ccncn2)CCCCC1. The van der Waals surface area contributed by atoms with E-state index in [4.69, 9.17) is 5.11 Å². The molecule has 0 aromatic carbocycles. The predicted octanol–water partition coefficient (Wildman–Crippen LogP) is 1.91. The molecule has 0 spiro atoms. The number of nitrogens with one attached hydrogen (secondary N) is 1. The molecule has 0 saturated heterocycles. The minimum Gasteiger partial charge on any atom is -0.481 e. The number of aromatic nitrogens is 2. The molecule has 21 heavy (non-hydrogen) atoms. The molecule has 6 nitrogen and oxygen atoms in total. The zero-order valence-electron chi connectivity index (χ0n) is 12.0. The Kier molecular flexibility index (Phi) is 5.25. The third-order valence-corrected chi connectivity index (χ3v) is 4.09. The van der Waals surface area contributed by atoms with Gasteiger partial charge in [0.1, 0.15) is 6.33 Å². The van der Waals surface area contributed by atoms with Gasteiger partial charge in [0, 0.05) is 12.6 Å². The summed E-state index contributed by atoms with van der Waals surface area (Å²) in [4.78, 5) is 31.1. The van der Waals surface area contributed by atoms with Gasteiger partial charge in [0.2, 0.25) is 5.91 Å². The summed E-state index contributed by atoms with van der Waals surface area (Å²) in [6, 6.07) is 1.74. The van der Waals surface area contributed by atoms with Crippen LogP contribution in [0.25, 0.3) is 0 Å². The van der Waals surface area contributed by atoms with Gasteiger partial charge < -0.3 is 10.4 Å². The Bertz CT molecular complexity index is 484. The summed E-state index contributed by atoms with van der Waals surface area (Å²) in [7, 11) is 0. The molecular formula is C15H21N3O3. The van der Waals surface area contributed by atoms with Crippen LogP contribution in [0.4, 0.5) is 0 Å². The quantitative estimate of drug-likeness (QED) is 0.835. The molecule has 0 atom stereocenters. The standard InChI is InChI=1S/C15H21N3O3/c19-13(17-10-12-4-7-16-11-18-12)8-15(9-14(20)21)5-2-1-3-6-15/h4,7,11H,1-3,5-6,8-10H2,(H,17,19)(H,20,21). The van der Waals surface area contributed by atoms with E-state index in [0.717, 1.165) is 37.8 Å². The summed E-state index contributed by atoms with van der Waals surface area (Å²) in [5.41, 5.74) is 0.370. The molecule has 1 aliphatic carbocycles. The van der Waals surface area contributed by atoms with Crippen LogP contribution < -0.4 is 5.32 Å². The predicted molar refractivity (Wildman–Crippen MR) is 76.3 cm³/mol. The van der Waals surface area contributed by atoms with Crippen molar-refractivity contribution in [3.63, 3.8) is 0 Å². The van der Waals surface area contributed by atoms with Crippen molar-refractivity contribution in [2.24, 2.45) is 5.41 Å². The third-order valence-electron chi connectivity index (χ3n) is 4.09. The molecule has 1 fully saturated rings. The molecule has 6 heteroatoms. The van der Waals surface area contributed by atoms with Gasteiger partial charge in [0.05, 0.1) is 18.7 Å². The van der Waals surface area contributed by atoms with Gasteiger partial charge in [-0.25, -0.2) is 9.97 Å². The Morgan fingerprint density at radius 3 is 2.62 bits per heavy atom. The number of hydrogen-bond acceptors (Lipinski definition) is 4. The van der Waals surface area contributed by atoms with Crippen molar-refractivity contribution in [1.29, 1.82) is 0 Å². The lowest BCUT2D eigenvalue weighted by atomic mass is 9.69. The molecule has 1 heterocycles. The fourth-order valence-corrected chi connectivity index (χ4v) is 3.05. The molecule has 114 valence electrons. The van der Waals surface area contributed by atoms with Crippen LogP contribution >= 0.6 is 0 Å². The van der Waals surface area contributed by atoms with Crippen molar-refractivity contribution in [2.45, 2.75) is 51.5 Å². The topological polar surface area (TPSA) is 92.2 Å². The number of nitrogens with zero attached hydrogens (tertiary/aromatic N) is 2. The minimum atomic E-state index is -0.819. The first-order chi connectivity index (χ1) is 10.1. The van der Waals surface area contributed by atoms with Gasteiger partial charge in [-0.05, 0) is 24.3 Å². The first kappa shape index (κ1) is 15.4. The van der Waals surface area contributed by atoms with Crippen molar-refractivity contribution in [3.05, 3.63) is 24.3 Å². The van der Waals surface area contributed by atoms with Crippen molar-refractivity contribution in [2.75, 3.05) is 0 Å². The highest BCUT2D eigenvalue weighted by atomic mass is 16.4.